The number of thiazole rings is 1. The molecule has 3 rings (SSSR count). The van der Waals surface area contributed by atoms with Crippen molar-refractivity contribution in [3.8, 4) is 0 Å². The van der Waals surface area contributed by atoms with Gasteiger partial charge in [0.05, 0.1) is 30.5 Å². The monoisotopic (exact) mass is 515 g/mol. The quantitative estimate of drug-likeness (QED) is 0.337. The molecule has 1 aliphatic heterocycles. The van der Waals surface area contributed by atoms with Crippen LogP contribution in [0.4, 0.5) is 5.69 Å². The first kappa shape index (κ1) is 22.9. The maximum absolute atomic E-state index is 5.42. The van der Waals surface area contributed by atoms with Crippen molar-refractivity contribution in [3.63, 3.8) is 0 Å². The molecular formula is C20H30IN5OS. The van der Waals surface area contributed by atoms with Gasteiger partial charge in [-0.3, -0.25) is 0 Å². The van der Waals surface area contributed by atoms with E-state index in [1.165, 1.54) is 11.3 Å². The summed E-state index contributed by atoms with van der Waals surface area (Å²) in [6.07, 6.45) is 0.906. The fourth-order valence-electron chi connectivity index (χ4n) is 2.98. The zero-order valence-electron chi connectivity index (χ0n) is 16.6. The van der Waals surface area contributed by atoms with Gasteiger partial charge in [0.15, 0.2) is 5.96 Å². The van der Waals surface area contributed by atoms with Crippen molar-refractivity contribution in [2.24, 2.45) is 4.99 Å². The summed E-state index contributed by atoms with van der Waals surface area (Å²) in [5.74, 6) is 0.849. The highest BCUT2D eigenvalue weighted by Crippen LogP contribution is 2.17. The molecule has 1 saturated heterocycles. The Morgan fingerprint density at radius 3 is 2.61 bits per heavy atom. The standard InChI is InChI=1S/C20H29N5OS.HI/c1-3-21-20(22-9-8-18-15-27-16(2)24-18)23-14-17-4-6-19(7-5-17)25-10-12-26-13-11-25;/h4-7,15H,3,8-14H2,1-2H3,(H2,21,22,23);1H. The number of rotatable bonds is 7. The third-order valence-corrected chi connectivity index (χ3v) is 5.24. The summed E-state index contributed by atoms with van der Waals surface area (Å²) < 4.78 is 5.42. The summed E-state index contributed by atoms with van der Waals surface area (Å²) in [7, 11) is 0. The van der Waals surface area contributed by atoms with Gasteiger partial charge in [-0.1, -0.05) is 12.1 Å². The predicted molar refractivity (Wildman–Crippen MR) is 128 cm³/mol. The highest BCUT2D eigenvalue weighted by molar-refractivity contribution is 14.0. The highest BCUT2D eigenvalue weighted by atomic mass is 127. The lowest BCUT2D eigenvalue weighted by atomic mass is 10.2. The molecule has 0 saturated carbocycles. The van der Waals surface area contributed by atoms with E-state index in [0.717, 1.165) is 62.5 Å². The van der Waals surface area contributed by atoms with Crippen LogP contribution in [0.5, 0.6) is 0 Å². The molecule has 0 radical (unpaired) electrons. The zero-order chi connectivity index (χ0) is 18.9. The number of nitrogens with zero attached hydrogens (tertiary/aromatic N) is 3. The van der Waals surface area contributed by atoms with Crippen molar-refractivity contribution in [3.05, 3.63) is 45.9 Å². The van der Waals surface area contributed by atoms with Gasteiger partial charge >= 0.3 is 0 Å². The van der Waals surface area contributed by atoms with E-state index in [-0.39, 0.29) is 24.0 Å². The molecule has 0 unspecified atom stereocenters. The van der Waals surface area contributed by atoms with E-state index in [2.05, 4.69) is 57.1 Å². The fraction of sp³-hybridized carbons (Fsp3) is 0.500. The molecule has 0 atom stereocenters. The van der Waals surface area contributed by atoms with Crippen molar-refractivity contribution in [2.45, 2.75) is 26.8 Å². The van der Waals surface area contributed by atoms with Gasteiger partial charge in [-0.2, -0.15) is 0 Å². The maximum atomic E-state index is 5.42. The summed E-state index contributed by atoms with van der Waals surface area (Å²) in [6, 6.07) is 8.69. The number of benzene rings is 1. The smallest absolute Gasteiger partial charge is 0.191 e. The van der Waals surface area contributed by atoms with E-state index < -0.39 is 0 Å². The predicted octanol–water partition coefficient (Wildman–Crippen LogP) is 3.20. The van der Waals surface area contributed by atoms with Gasteiger partial charge in [-0.25, -0.2) is 9.98 Å². The molecule has 154 valence electrons. The molecule has 8 heteroatoms. The van der Waals surface area contributed by atoms with Crippen LogP contribution in [0.3, 0.4) is 0 Å². The number of ether oxygens (including phenoxy) is 1. The Bertz CT molecular complexity index is 728. The van der Waals surface area contributed by atoms with Gasteiger partial charge in [0.2, 0.25) is 0 Å². The first-order valence-electron chi connectivity index (χ1n) is 9.59. The lowest BCUT2D eigenvalue weighted by Crippen LogP contribution is -2.38. The van der Waals surface area contributed by atoms with Gasteiger partial charge in [-0.15, -0.1) is 35.3 Å². The van der Waals surface area contributed by atoms with Crippen molar-refractivity contribution in [2.75, 3.05) is 44.3 Å². The number of hydrogen-bond donors (Lipinski definition) is 2. The number of nitrogens with one attached hydrogen (secondary N) is 2. The Kier molecular flexibility index (Phi) is 10.0. The third kappa shape index (κ3) is 7.21. The van der Waals surface area contributed by atoms with Crippen molar-refractivity contribution in [1.82, 2.24) is 15.6 Å². The van der Waals surface area contributed by atoms with E-state index in [1.54, 1.807) is 11.3 Å². The largest absolute Gasteiger partial charge is 0.378 e. The molecule has 0 spiro atoms. The average Bonchev–Trinajstić information content (AvgIpc) is 3.12. The van der Waals surface area contributed by atoms with E-state index in [4.69, 9.17) is 9.73 Å². The SMILES string of the molecule is CCNC(=NCc1ccc(N2CCOCC2)cc1)NCCc1csc(C)n1.I. The average molecular weight is 515 g/mol. The van der Waals surface area contributed by atoms with E-state index in [0.29, 0.717) is 6.54 Å². The van der Waals surface area contributed by atoms with Gasteiger partial charge in [0.25, 0.3) is 0 Å². The Morgan fingerprint density at radius 2 is 1.96 bits per heavy atom. The molecule has 28 heavy (non-hydrogen) atoms. The number of morpholine rings is 1. The molecule has 0 aliphatic carbocycles. The zero-order valence-corrected chi connectivity index (χ0v) is 19.8. The number of aryl methyl sites for hydroxylation is 1. The van der Waals surface area contributed by atoms with Crippen LogP contribution in [0.2, 0.25) is 0 Å². The first-order valence-corrected chi connectivity index (χ1v) is 10.5. The Labute approximate surface area is 188 Å². The molecule has 2 heterocycles. The van der Waals surface area contributed by atoms with Crippen LogP contribution in [0.25, 0.3) is 0 Å². The molecule has 1 aromatic carbocycles. The molecule has 6 nitrogen and oxygen atoms in total. The third-order valence-electron chi connectivity index (χ3n) is 4.42. The van der Waals surface area contributed by atoms with Gasteiger partial charge in [0.1, 0.15) is 0 Å². The fourth-order valence-corrected chi connectivity index (χ4v) is 3.62. The summed E-state index contributed by atoms with van der Waals surface area (Å²) in [5, 5.41) is 9.94. The second-order valence-electron chi connectivity index (χ2n) is 6.50. The molecule has 0 amide bonds. The lowest BCUT2D eigenvalue weighted by molar-refractivity contribution is 0.122. The minimum Gasteiger partial charge on any atom is -0.378 e. The Hall–Kier alpha value is -1.39. The second kappa shape index (κ2) is 12.2. The van der Waals surface area contributed by atoms with E-state index >= 15 is 0 Å². The molecular weight excluding hydrogens is 485 g/mol. The minimum absolute atomic E-state index is 0. The van der Waals surface area contributed by atoms with E-state index in [9.17, 15) is 0 Å². The molecule has 1 fully saturated rings. The van der Waals surface area contributed by atoms with Gasteiger partial charge < -0.3 is 20.3 Å². The minimum atomic E-state index is 0. The van der Waals surface area contributed by atoms with Crippen LogP contribution in [-0.2, 0) is 17.7 Å². The van der Waals surface area contributed by atoms with Crippen molar-refractivity contribution < 1.29 is 4.74 Å². The van der Waals surface area contributed by atoms with E-state index in [1.807, 2.05) is 6.92 Å². The maximum Gasteiger partial charge on any atom is 0.191 e. The topological polar surface area (TPSA) is 61.8 Å². The molecule has 1 aromatic heterocycles. The number of aliphatic imine (C=N–C) groups is 1. The van der Waals surface area contributed by atoms with Crippen LogP contribution in [0.1, 0.15) is 23.2 Å². The second-order valence-corrected chi connectivity index (χ2v) is 7.56. The van der Waals surface area contributed by atoms with Crippen LogP contribution < -0.4 is 15.5 Å². The van der Waals surface area contributed by atoms with Crippen molar-refractivity contribution >= 4 is 47.0 Å². The summed E-state index contributed by atoms with van der Waals surface area (Å²) in [4.78, 5) is 11.6. The number of hydrogen-bond acceptors (Lipinski definition) is 5. The molecule has 0 bridgehead atoms. The molecule has 2 aromatic rings. The van der Waals surface area contributed by atoms with Crippen LogP contribution in [0, 0.1) is 6.92 Å². The first-order chi connectivity index (χ1) is 13.2. The molecule has 2 N–H and O–H groups in total. The highest BCUT2D eigenvalue weighted by Gasteiger charge is 2.10. The lowest BCUT2D eigenvalue weighted by Gasteiger charge is -2.28. The van der Waals surface area contributed by atoms with Crippen LogP contribution in [-0.4, -0.2) is 50.3 Å². The Balaban J connectivity index is 0.00000280. The summed E-state index contributed by atoms with van der Waals surface area (Å²) >= 11 is 1.70. The number of halogens is 1. The van der Waals surface area contributed by atoms with Gasteiger partial charge in [-0.05, 0) is 31.5 Å². The summed E-state index contributed by atoms with van der Waals surface area (Å²) in [5.41, 5.74) is 3.61. The van der Waals surface area contributed by atoms with Crippen molar-refractivity contribution in [1.29, 1.82) is 0 Å². The van der Waals surface area contributed by atoms with Crippen LogP contribution in [0.15, 0.2) is 34.6 Å². The Morgan fingerprint density at radius 1 is 1.21 bits per heavy atom. The number of guanidine groups is 1. The molecule has 1 aliphatic rings. The number of anilines is 1. The van der Waals surface area contributed by atoms with Crippen LogP contribution >= 0.6 is 35.3 Å². The summed E-state index contributed by atoms with van der Waals surface area (Å²) in [6.45, 7) is 10.00. The van der Waals surface area contributed by atoms with Gasteiger partial charge in [0, 0.05) is 43.7 Å². The number of aromatic nitrogens is 1. The normalized spacial score (nSPS) is 14.5.